The van der Waals surface area contributed by atoms with Crippen molar-refractivity contribution in [3.8, 4) is 0 Å². The van der Waals surface area contributed by atoms with Gasteiger partial charge in [-0.2, -0.15) is 0 Å². The standard InChI is InChI=1S/C12H23NO2/c13-12(6-2-1-3-7-12)9-15-10-14-8-11-4-5-11/h11H,1-10,13H2. The molecule has 0 aromatic heterocycles. The third kappa shape index (κ3) is 4.09. The molecule has 15 heavy (non-hydrogen) atoms. The molecule has 0 heterocycles. The molecule has 0 aromatic carbocycles. The summed E-state index contributed by atoms with van der Waals surface area (Å²) in [6, 6.07) is 0. The quantitative estimate of drug-likeness (QED) is 0.542. The summed E-state index contributed by atoms with van der Waals surface area (Å²) < 4.78 is 10.9. The average Bonchev–Trinajstić information content (AvgIpc) is 3.02. The highest BCUT2D eigenvalue weighted by molar-refractivity contribution is 4.86. The number of hydrogen-bond donors (Lipinski definition) is 1. The van der Waals surface area contributed by atoms with Crippen LogP contribution < -0.4 is 5.73 Å². The van der Waals surface area contributed by atoms with Crippen molar-refractivity contribution in [1.82, 2.24) is 0 Å². The Balaban J connectivity index is 1.51. The van der Waals surface area contributed by atoms with E-state index in [1.807, 2.05) is 0 Å². The molecule has 0 radical (unpaired) electrons. The summed E-state index contributed by atoms with van der Waals surface area (Å²) in [5.41, 5.74) is 6.16. The second-order valence-corrected chi connectivity index (χ2v) is 5.20. The van der Waals surface area contributed by atoms with Gasteiger partial charge in [-0.25, -0.2) is 0 Å². The highest BCUT2D eigenvalue weighted by Crippen LogP contribution is 2.29. The fourth-order valence-electron chi connectivity index (χ4n) is 2.20. The van der Waals surface area contributed by atoms with Crippen LogP contribution in [-0.2, 0) is 9.47 Å². The number of rotatable bonds is 6. The zero-order valence-corrected chi connectivity index (χ0v) is 9.54. The van der Waals surface area contributed by atoms with Crippen LogP contribution in [0, 0.1) is 5.92 Å². The maximum Gasteiger partial charge on any atom is 0.146 e. The highest BCUT2D eigenvalue weighted by atomic mass is 16.7. The molecule has 2 saturated carbocycles. The second-order valence-electron chi connectivity index (χ2n) is 5.20. The lowest BCUT2D eigenvalue weighted by Gasteiger charge is -2.32. The Hall–Kier alpha value is -0.120. The number of hydrogen-bond acceptors (Lipinski definition) is 3. The fourth-order valence-corrected chi connectivity index (χ4v) is 2.20. The zero-order chi connectivity index (χ0) is 10.6. The summed E-state index contributed by atoms with van der Waals surface area (Å²) >= 11 is 0. The predicted octanol–water partition coefficient (Wildman–Crippen LogP) is 2.05. The Bertz CT molecular complexity index is 186. The topological polar surface area (TPSA) is 44.5 Å². The Morgan fingerprint density at radius 2 is 1.80 bits per heavy atom. The van der Waals surface area contributed by atoms with Gasteiger partial charge in [-0.1, -0.05) is 19.3 Å². The summed E-state index contributed by atoms with van der Waals surface area (Å²) in [5, 5.41) is 0. The van der Waals surface area contributed by atoms with Crippen molar-refractivity contribution in [2.45, 2.75) is 50.5 Å². The van der Waals surface area contributed by atoms with E-state index < -0.39 is 0 Å². The Labute approximate surface area is 92.3 Å². The van der Waals surface area contributed by atoms with Gasteiger partial charge in [0.05, 0.1) is 13.2 Å². The minimum atomic E-state index is -0.0683. The molecule has 88 valence electrons. The summed E-state index contributed by atoms with van der Waals surface area (Å²) in [4.78, 5) is 0. The maximum absolute atomic E-state index is 6.23. The summed E-state index contributed by atoms with van der Waals surface area (Å²) in [6.07, 6.45) is 8.72. The van der Waals surface area contributed by atoms with Crippen molar-refractivity contribution in [1.29, 1.82) is 0 Å². The van der Waals surface area contributed by atoms with Crippen molar-refractivity contribution in [2.24, 2.45) is 11.7 Å². The average molecular weight is 213 g/mol. The first-order chi connectivity index (χ1) is 7.29. The van der Waals surface area contributed by atoms with Crippen LogP contribution in [0.25, 0.3) is 0 Å². The van der Waals surface area contributed by atoms with Crippen LogP contribution in [0.5, 0.6) is 0 Å². The Morgan fingerprint density at radius 3 is 2.47 bits per heavy atom. The van der Waals surface area contributed by atoms with Crippen LogP contribution in [-0.4, -0.2) is 25.5 Å². The van der Waals surface area contributed by atoms with Crippen molar-refractivity contribution < 1.29 is 9.47 Å². The first kappa shape index (κ1) is 11.4. The fraction of sp³-hybridized carbons (Fsp3) is 1.00. The Morgan fingerprint density at radius 1 is 1.07 bits per heavy atom. The molecule has 0 amide bonds. The van der Waals surface area contributed by atoms with Gasteiger partial charge in [-0.05, 0) is 31.6 Å². The minimum Gasteiger partial charge on any atom is -0.355 e. The molecule has 2 fully saturated rings. The molecule has 0 bridgehead atoms. The van der Waals surface area contributed by atoms with E-state index in [1.165, 1.54) is 32.1 Å². The van der Waals surface area contributed by atoms with Gasteiger partial charge >= 0.3 is 0 Å². The molecular weight excluding hydrogens is 190 g/mol. The molecule has 0 saturated heterocycles. The van der Waals surface area contributed by atoms with Crippen molar-refractivity contribution in [3.05, 3.63) is 0 Å². The van der Waals surface area contributed by atoms with E-state index in [0.29, 0.717) is 13.4 Å². The van der Waals surface area contributed by atoms with E-state index >= 15 is 0 Å². The second kappa shape index (κ2) is 5.28. The molecule has 3 nitrogen and oxygen atoms in total. The van der Waals surface area contributed by atoms with Gasteiger partial charge in [0.2, 0.25) is 0 Å². The van der Waals surface area contributed by atoms with Crippen molar-refractivity contribution in [2.75, 3.05) is 20.0 Å². The third-order valence-electron chi connectivity index (χ3n) is 3.46. The minimum absolute atomic E-state index is 0.0683. The van der Waals surface area contributed by atoms with E-state index in [2.05, 4.69) is 0 Å². The van der Waals surface area contributed by atoms with Gasteiger partial charge in [0, 0.05) is 5.54 Å². The van der Waals surface area contributed by atoms with E-state index in [0.717, 1.165) is 25.4 Å². The van der Waals surface area contributed by atoms with Crippen LogP contribution in [0.3, 0.4) is 0 Å². The summed E-state index contributed by atoms with van der Waals surface area (Å²) in [5.74, 6) is 0.815. The molecule has 2 aliphatic rings. The number of nitrogens with two attached hydrogens (primary N) is 1. The molecule has 0 atom stereocenters. The first-order valence-electron chi connectivity index (χ1n) is 6.23. The molecule has 2 rings (SSSR count). The smallest absolute Gasteiger partial charge is 0.146 e. The van der Waals surface area contributed by atoms with Gasteiger partial charge in [-0.3, -0.25) is 0 Å². The zero-order valence-electron chi connectivity index (χ0n) is 9.54. The third-order valence-corrected chi connectivity index (χ3v) is 3.46. The van der Waals surface area contributed by atoms with Gasteiger partial charge in [0.25, 0.3) is 0 Å². The van der Waals surface area contributed by atoms with Crippen molar-refractivity contribution >= 4 is 0 Å². The largest absolute Gasteiger partial charge is 0.355 e. The normalized spacial score (nSPS) is 25.4. The summed E-state index contributed by atoms with van der Waals surface area (Å²) in [6.45, 7) is 1.96. The molecule has 0 aromatic rings. The van der Waals surface area contributed by atoms with E-state index in [1.54, 1.807) is 0 Å². The molecule has 0 aliphatic heterocycles. The van der Waals surface area contributed by atoms with Crippen LogP contribution >= 0.6 is 0 Å². The van der Waals surface area contributed by atoms with Crippen LogP contribution in [0.4, 0.5) is 0 Å². The first-order valence-corrected chi connectivity index (χ1v) is 6.23. The van der Waals surface area contributed by atoms with Crippen LogP contribution in [0.15, 0.2) is 0 Å². The molecule has 0 spiro atoms. The molecule has 2 N–H and O–H groups in total. The maximum atomic E-state index is 6.23. The lowest BCUT2D eigenvalue weighted by molar-refractivity contribution is -0.0748. The van der Waals surface area contributed by atoms with Crippen LogP contribution in [0.2, 0.25) is 0 Å². The lowest BCUT2D eigenvalue weighted by Crippen LogP contribution is -2.46. The molecule has 3 heteroatoms. The van der Waals surface area contributed by atoms with E-state index in [9.17, 15) is 0 Å². The van der Waals surface area contributed by atoms with Crippen LogP contribution in [0.1, 0.15) is 44.9 Å². The number of ether oxygens (including phenoxy) is 2. The monoisotopic (exact) mass is 213 g/mol. The van der Waals surface area contributed by atoms with E-state index in [-0.39, 0.29) is 5.54 Å². The van der Waals surface area contributed by atoms with Gasteiger partial charge in [-0.15, -0.1) is 0 Å². The molecule has 2 aliphatic carbocycles. The van der Waals surface area contributed by atoms with Gasteiger partial charge < -0.3 is 15.2 Å². The SMILES string of the molecule is NC1(COCOCC2CC2)CCCCC1. The lowest BCUT2D eigenvalue weighted by atomic mass is 9.83. The predicted molar refractivity (Wildman–Crippen MR) is 59.5 cm³/mol. The van der Waals surface area contributed by atoms with Gasteiger partial charge in [0.15, 0.2) is 0 Å². The van der Waals surface area contributed by atoms with E-state index in [4.69, 9.17) is 15.2 Å². The summed E-state index contributed by atoms with van der Waals surface area (Å²) in [7, 11) is 0. The molecule has 0 unspecified atom stereocenters. The van der Waals surface area contributed by atoms with Crippen molar-refractivity contribution in [3.63, 3.8) is 0 Å². The molecular formula is C12H23NO2. The van der Waals surface area contributed by atoms with Gasteiger partial charge in [0.1, 0.15) is 6.79 Å². The highest BCUT2D eigenvalue weighted by Gasteiger charge is 2.27. The Kier molecular flexibility index (Phi) is 4.00.